The number of aliphatic hydroxyl groups excluding tert-OH is 3. The van der Waals surface area contributed by atoms with Crippen molar-refractivity contribution in [2.24, 2.45) is 0 Å². The zero-order valence-electron chi connectivity index (χ0n) is 9.87. The summed E-state index contributed by atoms with van der Waals surface area (Å²) in [7, 11) is 0. The molecule has 17 heavy (non-hydrogen) atoms. The normalized spacial score (nSPS) is 33.5. The molecule has 0 aliphatic carbocycles. The van der Waals surface area contributed by atoms with Crippen molar-refractivity contribution in [2.45, 2.75) is 50.9 Å². The Balaban J connectivity index is 2.50. The Hall–Kier alpha value is -0.890. The van der Waals surface area contributed by atoms with Gasteiger partial charge in [0.25, 0.3) is 0 Å². The van der Waals surface area contributed by atoms with Gasteiger partial charge in [-0.05, 0) is 13.8 Å². The minimum Gasteiger partial charge on any atom is -0.447 e. The summed E-state index contributed by atoms with van der Waals surface area (Å²) in [4.78, 5) is 11.3. The van der Waals surface area contributed by atoms with Crippen molar-refractivity contribution in [1.29, 1.82) is 0 Å². The summed E-state index contributed by atoms with van der Waals surface area (Å²) in [5, 5.41) is 30.4. The van der Waals surface area contributed by atoms with Crippen LogP contribution in [0.1, 0.15) is 20.3 Å². The quantitative estimate of drug-likeness (QED) is 0.508. The first-order valence-electron chi connectivity index (χ1n) is 5.53. The highest BCUT2D eigenvalue weighted by molar-refractivity contribution is 5.67. The third-order valence-corrected chi connectivity index (χ3v) is 2.39. The first-order valence-corrected chi connectivity index (χ1v) is 5.53. The molecular weight excluding hydrogens is 230 g/mol. The van der Waals surface area contributed by atoms with Gasteiger partial charge in [-0.2, -0.15) is 0 Å². The van der Waals surface area contributed by atoms with Gasteiger partial charge >= 0.3 is 6.09 Å². The van der Waals surface area contributed by atoms with Crippen molar-refractivity contribution in [3.05, 3.63) is 0 Å². The summed E-state index contributed by atoms with van der Waals surface area (Å²) >= 11 is 0. The predicted molar refractivity (Wildman–Crippen MR) is 57.1 cm³/mol. The minimum absolute atomic E-state index is 0.139. The lowest BCUT2D eigenvalue weighted by Crippen LogP contribution is -2.57. The first kappa shape index (κ1) is 14.2. The average molecular weight is 249 g/mol. The van der Waals surface area contributed by atoms with Crippen LogP contribution in [0.15, 0.2) is 0 Å². The molecule has 1 aliphatic heterocycles. The fourth-order valence-corrected chi connectivity index (χ4v) is 1.61. The Morgan fingerprint density at radius 2 is 2.18 bits per heavy atom. The maximum absolute atomic E-state index is 11.3. The second kappa shape index (κ2) is 6.15. The first-order chi connectivity index (χ1) is 7.93. The van der Waals surface area contributed by atoms with Crippen LogP contribution in [0.3, 0.4) is 0 Å². The number of nitrogens with one attached hydrogen (secondary N) is 1. The van der Waals surface area contributed by atoms with Gasteiger partial charge in [0.05, 0.1) is 24.9 Å². The van der Waals surface area contributed by atoms with E-state index in [-0.39, 0.29) is 19.1 Å². The van der Waals surface area contributed by atoms with E-state index in [2.05, 4.69) is 5.32 Å². The smallest absolute Gasteiger partial charge is 0.407 e. The molecule has 4 atom stereocenters. The Labute approximate surface area is 99.3 Å². The van der Waals surface area contributed by atoms with Crippen LogP contribution in [0.2, 0.25) is 0 Å². The van der Waals surface area contributed by atoms with Crippen molar-refractivity contribution in [3.63, 3.8) is 0 Å². The average Bonchev–Trinajstić information content (AvgIpc) is 2.22. The molecule has 1 fully saturated rings. The molecule has 0 aromatic heterocycles. The fraction of sp³-hybridized carbons (Fsp3) is 0.900. The van der Waals surface area contributed by atoms with Gasteiger partial charge in [-0.3, -0.25) is 0 Å². The summed E-state index contributed by atoms with van der Waals surface area (Å²) < 4.78 is 9.83. The third-order valence-electron chi connectivity index (χ3n) is 2.39. The molecule has 0 radical (unpaired) electrons. The molecule has 100 valence electrons. The number of ether oxygens (including phenoxy) is 2. The van der Waals surface area contributed by atoms with Crippen LogP contribution in [0.5, 0.6) is 0 Å². The van der Waals surface area contributed by atoms with Crippen LogP contribution >= 0.6 is 0 Å². The van der Waals surface area contributed by atoms with Gasteiger partial charge in [-0.25, -0.2) is 4.79 Å². The number of alkyl carbamates (subject to hydrolysis) is 1. The molecule has 7 nitrogen and oxygen atoms in total. The molecule has 1 saturated heterocycles. The van der Waals surface area contributed by atoms with Gasteiger partial charge < -0.3 is 30.1 Å². The lowest BCUT2D eigenvalue weighted by molar-refractivity contribution is -0.213. The van der Waals surface area contributed by atoms with Crippen LogP contribution in [-0.4, -0.2) is 58.7 Å². The monoisotopic (exact) mass is 249 g/mol. The Morgan fingerprint density at radius 3 is 2.65 bits per heavy atom. The Bertz CT molecular complexity index is 247. The van der Waals surface area contributed by atoms with Gasteiger partial charge in [-0.15, -0.1) is 0 Å². The van der Waals surface area contributed by atoms with E-state index in [0.29, 0.717) is 0 Å². The maximum atomic E-state index is 11.3. The predicted octanol–water partition coefficient (Wildman–Crippen LogP) is -1.05. The number of carbonyl (C=O) groups is 1. The number of amides is 1. The number of carbonyl (C=O) groups excluding carboxylic acids is 1. The van der Waals surface area contributed by atoms with Crippen molar-refractivity contribution in [3.8, 4) is 0 Å². The summed E-state index contributed by atoms with van der Waals surface area (Å²) in [5.41, 5.74) is 0. The molecule has 7 heteroatoms. The van der Waals surface area contributed by atoms with E-state index in [9.17, 15) is 15.0 Å². The number of hydrogen-bond acceptors (Lipinski definition) is 6. The molecule has 1 rings (SSSR count). The zero-order chi connectivity index (χ0) is 13.0. The zero-order valence-corrected chi connectivity index (χ0v) is 9.87. The van der Waals surface area contributed by atoms with E-state index in [1.54, 1.807) is 13.8 Å². The molecular formula is C10H19NO6. The highest BCUT2D eigenvalue weighted by Gasteiger charge is 2.38. The number of aliphatic hydroxyl groups is 3. The summed E-state index contributed by atoms with van der Waals surface area (Å²) in [5.74, 6) is 0. The standard InChI is InChI=1S/C10H19NO6/c1-5(2)16-10(15)11-8-7(13)3-6(4-12)17-9(8)14/h5-9,12-14H,3-4H2,1-2H3,(H,11,15)/t6-,7-,8?,9?/m0/s1. The third kappa shape index (κ3) is 4.12. The van der Waals surface area contributed by atoms with Crippen LogP contribution in [-0.2, 0) is 9.47 Å². The second-order valence-corrected chi connectivity index (χ2v) is 4.26. The van der Waals surface area contributed by atoms with E-state index in [4.69, 9.17) is 14.6 Å². The van der Waals surface area contributed by atoms with E-state index in [0.717, 1.165) is 0 Å². The molecule has 0 aromatic carbocycles. The Morgan fingerprint density at radius 1 is 1.53 bits per heavy atom. The topological polar surface area (TPSA) is 108 Å². The largest absolute Gasteiger partial charge is 0.447 e. The highest BCUT2D eigenvalue weighted by Crippen LogP contribution is 2.18. The van der Waals surface area contributed by atoms with E-state index in [1.807, 2.05) is 0 Å². The second-order valence-electron chi connectivity index (χ2n) is 4.26. The molecule has 0 saturated carbocycles. The lowest BCUT2D eigenvalue weighted by atomic mass is 10.0. The van der Waals surface area contributed by atoms with Gasteiger partial charge in [0.1, 0.15) is 6.04 Å². The van der Waals surface area contributed by atoms with Crippen LogP contribution in [0, 0.1) is 0 Å². The maximum Gasteiger partial charge on any atom is 0.407 e. The molecule has 1 aliphatic rings. The lowest BCUT2D eigenvalue weighted by Gasteiger charge is -2.36. The highest BCUT2D eigenvalue weighted by atomic mass is 16.6. The molecule has 0 aromatic rings. The number of hydrogen-bond donors (Lipinski definition) is 4. The summed E-state index contributed by atoms with van der Waals surface area (Å²) in [6.07, 6.45) is -3.86. The van der Waals surface area contributed by atoms with Crippen LogP contribution in [0.25, 0.3) is 0 Å². The van der Waals surface area contributed by atoms with E-state index < -0.39 is 30.6 Å². The molecule has 0 bridgehead atoms. The van der Waals surface area contributed by atoms with Gasteiger partial charge in [0.15, 0.2) is 6.29 Å². The molecule has 4 N–H and O–H groups in total. The molecule has 0 spiro atoms. The molecule has 1 heterocycles. The van der Waals surface area contributed by atoms with Crippen LogP contribution in [0.4, 0.5) is 4.79 Å². The fourth-order valence-electron chi connectivity index (χ4n) is 1.61. The van der Waals surface area contributed by atoms with Crippen LogP contribution < -0.4 is 5.32 Å². The summed E-state index contributed by atoms with van der Waals surface area (Å²) in [6.45, 7) is 3.08. The van der Waals surface area contributed by atoms with E-state index >= 15 is 0 Å². The SMILES string of the molecule is CC(C)OC(=O)NC1C(O)O[C@H](CO)C[C@@H]1O. The van der Waals surface area contributed by atoms with E-state index in [1.165, 1.54) is 0 Å². The van der Waals surface area contributed by atoms with Gasteiger partial charge in [0, 0.05) is 6.42 Å². The Kier molecular flexibility index (Phi) is 5.13. The van der Waals surface area contributed by atoms with Gasteiger partial charge in [-0.1, -0.05) is 0 Å². The minimum atomic E-state index is -1.37. The molecule has 2 unspecified atom stereocenters. The summed E-state index contributed by atoms with van der Waals surface area (Å²) in [6, 6.07) is -0.955. The van der Waals surface area contributed by atoms with Crippen molar-refractivity contribution >= 4 is 6.09 Å². The molecule has 1 amide bonds. The van der Waals surface area contributed by atoms with Crippen molar-refractivity contribution in [2.75, 3.05) is 6.61 Å². The van der Waals surface area contributed by atoms with Gasteiger partial charge in [0.2, 0.25) is 0 Å². The van der Waals surface area contributed by atoms with Crippen molar-refractivity contribution < 1.29 is 29.6 Å². The number of rotatable bonds is 3. The van der Waals surface area contributed by atoms with Crippen molar-refractivity contribution in [1.82, 2.24) is 5.32 Å².